The van der Waals surface area contributed by atoms with Crippen molar-refractivity contribution in [3.05, 3.63) is 28.8 Å². The van der Waals surface area contributed by atoms with Crippen molar-refractivity contribution in [2.75, 3.05) is 7.11 Å². The van der Waals surface area contributed by atoms with Crippen LogP contribution in [-0.2, 0) is 21.4 Å². The molecule has 0 atom stereocenters. The van der Waals surface area contributed by atoms with E-state index in [2.05, 4.69) is 4.74 Å². The van der Waals surface area contributed by atoms with Gasteiger partial charge in [0.25, 0.3) is 0 Å². The molecule has 98 valence electrons. The Morgan fingerprint density at radius 1 is 1.50 bits per heavy atom. The summed E-state index contributed by atoms with van der Waals surface area (Å²) in [5.74, 6) is -0.912. The molecule has 0 bridgehead atoms. The molecule has 1 rings (SSSR count). The lowest BCUT2D eigenvalue weighted by Gasteiger charge is -2.09. The lowest BCUT2D eigenvalue weighted by Crippen LogP contribution is -2.17. The SMILES string of the molecule is COC(=O)c1cc(S(N)(=O)=O)c(C=O)cc1CF. The first-order valence-electron chi connectivity index (χ1n) is 4.64. The molecule has 0 aliphatic carbocycles. The van der Waals surface area contributed by atoms with Crippen molar-refractivity contribution >= 4 is 22.3 Å². The number of methoxy groups -OCH3 is 1. The van der Waals surface area contributed by atoms with E-state index in [9.17, 15) is 22.4 Å². The normalized spacial score (nSPS) is 11.1. The minimum atomic E-state index is -4.20. The number of alkyl halides is 1. The van der Waals surface area contributed by atoms with E-state index in [1.165, 1.54) is 0 Å². The Morgan fingerprint density at radius 2 is 2.11 bits per heavy atom. The lowest BCUT2D eigenvalue weighted by molar-refractivity contribution is 0.0598. The van der Waals surface area contributed by atoms with E-state index in [0.717, 1.165) is 19.2 Å². The molecule has 8 heteroatoms. The smallest absolute Gasteiger partial charge is 0.338 e. The van der Waals surface area contributed by atoms with Gasteiger partial charge in [-0.25, -0.2) is 22.7 Å². The summed E-state index contributed by atoms with van der Waals surface area (Å²) in [6.07, 6.45) is 0.222. The highest BCUT2D eigenvalue weighted by Gasteiger charge is 2.21. The van der Waals surface area contributed by atoms with Gasteiger partial charge in [-0.3, -0.25) is 4.79 Å². The lowest BCUT2D eigenvalue weighted by atomic mass is 10.1. The molecule has 1 aromatic rings. The Morgan fingerprint density at radius 3 is 2.50 bits per heavy atom. The number of hydrogen-bond donors (Lipinski definition) is 1. The summed E-state index contributed by atoms with van der Waals surface area (Å²) in [5, 5.41) is 4.90. The summed E-state index contributed by atoms with van der Waals surface area (Å²) in [6, 6.07) is 1.79. The van der Waals surface area contributed by atoms with Crippen molar-refractivity contribution in [2.24, 2.45) is 5.14 Å². The van der Waals surface area contributed by atoms with Crippen LogP contribution in [-0.4, -0.2) is 27.8 Å². The monoisotopic (exact) mass is 275 g/mol. The number of aldehydes is 1. The molecular formula is C10H10FNO5S. The molecule has 0 aromatic heterocycles. The first-order valence-corrected chi connectivity index (χ1v) is 6.19. The Kier molecular flexibility index (Phi) is 4.15. The first-order chi connectivity index (χ1) is 8.35. The van der Waals surface area contributed by atoms with Crippen molar-refractivity contribution in [2.45, 2.75) is 11.6 Å². The zero-order valence-corrected chi connectivity index (χ0v) is 10.2. The van der Waals surface area contributed by atoms with Gasteiger partial charge in [-0.1, -0.05) is 0 Å². The average Bonchev–Trinajstić information content (AvgIpc) is 2.34. The molecule has 0 heterocycles. The van der Waals surface area contributed by atoms with Crippen LogP contribution in [0.4, 0.5) is 4.39 Å². The zero-order chi connectivity index (χ0) is 13.9. The van der Waals surface area contributed by atoms with Crippen LogP contribution >= 0.6 is 0 Å². The van der Waals surface area contributed by atoms with Gasteiger partial charge in [-0.15, -0.1) is 0 Å². The second kappa shape index (κ2) is 5.23. The standard InChI is InChI=1S/C10H10FNO5S/c1-17-10(14)8-3-9(18(12,15)16)7(5-13)2-6(8)4-11/h2-3,5H,4H2,1H3,(H2,12,15,16). The largest absolute Gasteiger partial charge is 0.465 e. The molecule has 0 saturated carbocycles. The van der Waals surface area contributed by atoms with Gasteiger partial charge in [0.15, 0.2) is 6.29 Å². The molecule has 0 radical (unpaired) electrons. The van der Waals surface area contributed by atoms with Crippen LogP contribution in [0, 0.1) is 0 Å². The van der Waals surface area contributed by atoms with Gasteiger partial charge in [0.1, 0.15) is 6.67 Å². The van der Waals surface area contributed by atoms with E-state index < -0.39 is 27.6 Å². The molecule has 18 heavy (non-hydrogen) atoms. The highest BCUT2D eigenvalue weighted by atomic mass is 32.2. The maximum absolute atomic E-state index is 12.7. The maximum atomic E-state index is 12.7. The van der Waals surface area contributed by atoms with Crippen LogP contribution in [0.15, 0.2) is 17.0 Å². The van der Waals surface area contributed by atoms with E-state index in [1.54, 1.807) is 0 Å². The summed E-state index contributed by atoms with van der Waals surface area (Å²) in [6.45, 7) is -1.05. The fourth-order valence-electron chi connectivity index (χ4n) is 1.39. The van der Waals surface area contributed by atoms with Crippen LogP contribution in [0.25, 0.3) is 0 Å². The van der Waals surface area contributed by atoms with Gasteiger partial charge >= 0.3 is 5.97 Å². The molecule has 0 unspecified atom stereocenters. The average molecular weight is 275 g/mol. The van der Waals surface area contributed by atoms with Crippen LogP contribution in [0.1, 0.15) is 26.3 Å². The van der Waals surface area contributed by atoms with E-state index in [0.29, 0.717) is 0 Å². The van der Waals surface area contributed by atoms with Gasteiger partial charge in [-0.2, -0.15) is 0 Å². The molecule has 0 saturated heterocycles. The number of rotatable bonds is 4. The molecule has 0 aliphatic heterocycles. The van der Waals surface area contributed by atoms with Crippen LogP contribution in [0.5, 0.6) is 0 Å². The fraction of sp³-hybridized carbons (Fsp3) is 0.200. The highest BCUT2D eigenvalue weighted by molar-refractivity contribution is 7.89. The molecule has 0 spiro atoms. The molecule has 0 amide bonds. The van der Waals surface area contributed by atoms with Crippen molar-refractivity contribution in [3.63, 3.8) is 0 Å². The number of hydrogen-bond acceptors (Lipinski definition) is 5. The highest BCUT2D eigenvalue weighted by Crippen LogP contribution is 2.21. The Hall–Kier alpha value is -1.80. The molecule has 1 aromatic carbocycles. The summed E-state index contributed by atoms with van der Waals surface area (Å²) >= 11 is 0. The van der Waals surface area contributed by atoms with Gasteiger partial charge in [-0.05, 0) is 17.7 Å². The quantitative estimate of drug-likeness (QED) is 0.632. The third-order valence-corrected chi connectivity index (χ3v) is 3.19. The number of esters is 1. The topological polar surface area (TPSA) is 104 Å². The second-order valence-electron chi connectivity index (χ2n) is 3.34. The number of primary sulfonamides is 1. The Balaban J connectivity index is 3.64. The number of carbonyl (C=O) groups excluding carboxylic acids is 2. The number of benzene rings is 1. The van der Waals surface area contributed by atoms with Crippen molar-refractivity contribution in [1.82, 2.24) is 0 Å². The fourth-order valence-corrected chi connectivity index (χ4v) is 2.11. The molecule has 2 N–H and O–H groups in total. The Bertz CT molecular complexity index is 597. The van der Waals surface area contributed by atoms with Gasteiger partial charge in [0, 0.05) is 5.56 Å². The van der Waals surface area contributed by atoms with Crippen LogP contribution in [0.2, 0.25) is 0 Å². The molecule has 6 nitrogen and oxygen atoms in total. The predicted molar refractivity (Wildman–Crippen MR) is 59.4 cm³/mol. The Labute approximate surface area is 103 Å². The van der Waals surface area contributed by atoms with Crippen LogP contribution < -0.4 is 5.14 Å². The maximum Gasteiger partial charge on any atom is 0.338 e. The molecular weight excluding hydrogens is 265 g/mol. The van der Waals surface area contributed by atoms with E-state index in [-0.39, 0.29) is 23.0 Å². The van der Waals surface area contributed by atoms with Gasteiger partial charge in [0.2, 0.25) is 10.0 Å². The minimum Gasteiger partial charge on any atom is -0.465 e. The minimum absolute atomic E-state index is 0.142. The number of carbonyl (C=O) groups is 2. The van der Waals surface area contributed by atoms with E-state index >= 15 is 0 Å². The third-order valence-electron chi connectivity index (χ3n) is 2.22. The van der Waals surface area contributed by atoms with Crippen molar-refractivity contribution in [1.29, 1.82) is 0 Å². The van der Waals surface area contributed by atoms with Gasteiger partial charge < -0.3 is 4.74 Å². The first kappa shape index (κ1) is 14.3. The molecule has 0 fully saturated rings. The van der Waals surface area contributed by atoms with Crippen molar-refractivity contribution < 1.29 is 27.1 Å². The summed E-state index contributed by atoms with van der Waals surface area (Å²) in [7, 11) is -3.13. The third kappa shape index (κ3) is 2.71. The number of sulfonamides is 1. The van der Waals surface area contributed by atoms with E-state index in [1.807, 2.05) is 0 Å². The second-order valence-corrected chi connectivity index (χ2v) is 4.87. The van der Waals surface area contributed by atoms with Gasteiger partial charge in [0.05, 0.1) is 17.6 Å². The summed E-state index contributed by atoms with van der Waals surface area (Å²) in [5.41, 5.74) is -0.733. The number of nitrogens with two attached hydrogens (primary N) is 1. The van der Waals surface area contributed by atoms with Crippen molar-refractivity contribution in [3.8, 4) is 0 Å². The summed E-state index contributed by atoms with van der Waals surface area (Å²) in [4.78, 5) is 21.5. The predicted octanol–water partition coefficient (Wildman–Crippen LogP) is 0.403. The number of ether oxygens (including phenoxy) is 1. The van der Waals surface area contributed by atoms with Crippen LogP contribution in [0.3, 0.4) is 0 Å². The van der Waals surface area contributed by atoms with E-state index in [4.69, 9.17) is 5.14 Å². The summed E-state index contributed by atoms with van der Waals surface area (Å²) < 4.78 is 39.6. The molecule has 0 aliphatic rings. The zero-order valence-electron chi connectivity index (χ0n) is 9.34. The number of halogens is 1.